The average molecular weight is 403 g/mol. The quantitative estimate of drug-likeness (QED) is 0.503. The first-order chi connectivity index (χ1) is 14.2. The fraction of sp³-hybridized carbons (Fsp3) is 0.0870. The molecule has 0 spiro atoms. The highest BCUT2D eigenvalue weighted by Gasteiger charge is 2.18. The number of rotatable bonds is 6. The van der Waals surface area contributed by atoms with E-state index in [9.17, 15) is 9.18 Å². The fourth-order valence-corrected chi connectivity index (χ4v) is 3.83. The number of carbonyl (C=O) groups is 1. The van der Waals surface area contributed by atoms with E-state index in [2.05, 4.69) is 15.3 Å². The van der Waals surface area contributed by atoms with Gasteiger partial charge < -0.3 is 5.32 Å². The van der Waals surface area contributed by atoms with Gasteiger partial charge in [-0.2, -0.15) is 0 Å². The van der Waals surface area contributed by atoms with Crippen LogP contribution in [0.4, 0.5) is 4.39 Å². The van der Waals surface area contributed by atoms with E-state index in [0.717, 1.165) is 21.8 Å². The van der Waals surface area contributed by atoms with Gasteiger partial charge in [0.15, 0.2) is 0 Å². The second-order valence-electron chi connectivity index (χ2n) is 6.50. The third-order valence-electron chi connectivity index (χ3n) is 4.42. The molecule has 0 bridgehead atoms. The summed E-state index contributed by atoms with van der Waals surface area (Å²) in [7, 11) is 0. The van der Waals surface area contributed by atoms with Crippen molar-refractivity contribution in [1.29, 1.82) is 0 Å². The second-order valence-corrected chi connectivity index (χ2v) is 7.36. The molecule has 2 aromatic carbocycles. The Morgan fingerprint density at radius 2 is 1.69 bits per heavy atom. The van der Waals surface area contributed by atoms with Crippen molar-refractivity contribution in [3.8, 4) is 10.7 Å². The minimum atomic E-state index is -0.363. The minimum Gasteiger partial charge on any atom is -0.345 e. The van der Waals surface area contributed by atoms with Crippen molar-refractivity contribution in [3.05, 3.63) is 107 Å². The molecule has 4 aromatic rings. The van der Waals surface area contributed by atoms with E-state index in [1.54, 1.807) is 18.3 Å². The number of nitrogens with zero attached hydrogens (tertiary/aromatic N) is 2. The number of halogens is 1. The van der Waals surface area contributed by atoms with E-state index >= 15 is 0 Å². The molecule has 0 aliphatic rings. The number of benzene rings is 2. The van der Waals surface area contributed by atoms with E-state index in [0.29, 0.717) is 5.69 Å². The Morgan fingerprint density at radius 1 is 0.966 bits per heavy atom. The Kier molecular flexibility index (Phi) is 5.72. The summed E-state index contributed by atoms with van der Waals surface area (Å²) in [4.78, 5) is 21.6. The molecule has 0 aliphatic heterocycles. The lowest BCUT2D eigenvalue weighted by Crippen LogP contribution is -2.30. The van der Waals surface area contributed by atoms with Gasteiger partial charge >= 0.3 is 0 Å². The number of hydrogen-bond donors (Lipinski definition) is 1. The topological polar surface area (TPSA) is 54.9 Å². The van der Waals surface area contributed by atoms with Gasteiger partial charge in [-0.25, -0.2) is 9.37 Å². The van der Waals surface area contributed by atoms with E-state index in [1.807, 2.05) is 53.9 Å². The van der Waals surface area contributed by atoms with Gasteiger partial charge in [0.1, 0.15) is 10.8 Å². The van der Waals surface area contributed by atoms with E-state index in [-0.39, 0.29) is 24.2 Å². The van der Waals surface area contributed by atoms with E-state index in [4.69, 9.17) is 0 Å². The highest BCUT2D eigenvalue weighted by atomic mass is 32.1. The van der Waals surface area contributed by atoms with Crippen molar-refractivity contribution >= 4 is 17.2 Å². The molecule has 1 unspecified atom stereocenters. The Morgan fingerprint density at radius 3 is 2.41 bits per heavy atom. The SMILES string of the molecule is O=C(Cc1csc(-c2ccccn2)n1)NC(c1ccccc1)c1ccc(F)cc1. The Bertz CT molecular complexity index is 1080. The van der Waals surface area contributed by atoms with Gasteiger partial charge in [0.2, 0.25) is 5.91 Å². The lowest BCUT2D eigenvalue weighted by atomic mass is 9.98. The molecule has 144 valence electrons. The number of hydrogen-bond acceptors (Lipinski definition) is 4. The molecule has 6 heteroatoms. The van der Waals surface area contributed by atoms with Crippen LogP contribution in [0, 0.1) is 5.82 Å². The van der Waals surface area contributed by atoms with Gasteiger partial charge in [0.05, 0.1) is 23.9 Å². The molecule has 29 heavy (non-hydrogen) atoms. The molecule has 0 saturated carbocycles. The lowest BCUT2D eigenvalue weighted by Gasteiger charge is -2.19. The van der Waals surface area contributed by atoms with Crippen LogP contribution in [0.2, 0.25) is 0 Å². The summed E-state index contributed by atoms with van der Waals surface area (Å²) in [5.74, 6) is -0.461. The van der Waals surface area contributed by atoms with Gasteiger partial charge in [-0.05, 0) is 35.4 Å². The molecule has 0 fully saturated rings. The number of carbonyl (C=O) groups excluding carboxylic acids is 1. The van der Waals surface area contributed by atoms with Crippen LogP contribution in [0.5, 0.6) is 0 Å². The highest BCUT2D eigenvalue weighted by molar-refractivity contribution is 7.13. The molecule has 0 saturated heterocycles. The molecule has 1 atom stereocenters. The summed E-state index contributed by atoms with van der Waals surface area (Å²) >= 11 is 1.46. The molecule has 4 rings (SSSR count). The number of thiazole rings is 1. The number of nitrogens with one attached hydrogen (secondary N) is 1. The molecule has 1 amide bonds. The zero-order valence-electron chi connectivity index (χ0n) is 15.5. The molecule has 0 radical (unpaired) electrons. The first-order valence-corrected chi connectivity index (χ1v) is 10.0. The third kappa shape index (κ3) is 4.73. The summed E-state index contributed by atoms with van der Waals surface area (Å²) in [6.45, 7) is 0. The van der Waals surface area contributed by atoms with Crippen molar-refractivity contribution in [2.75, 3.05) is 0 Å². The first kappa shape index (κ1) is 19.0. The monoisotopic (exact) mass is 403 g/mol. The van der Waals surface area contributed by atoms with E-state index in [1.165, 1.54) is 23.5 Å². The lowest BCUT2D eigenvalue weighted by molar-refractivity contribution is -0.121. The summed E-state index contributed by atoms with van der Waals surface area (Å²) < 4.78 is 13.3. The first-order valence-electron chi connectivity index (χ1n) is 9.14. The molecule has 1 N–H and O–H groups in total. The molecule has 2 heterocycles. The summed E-state index contributed by atoms with van der Waals surface area (Å²) in [5, 5.41) is 5.71. The second kappa shape index (κ2) is 8.75. The highest BCUT2D eigenvalue weighted by Crippen LogP contribution is 2.24. The Hall–Kier alpha value is -3.38. The van der Waals surface area contributed by atoms with Gasteiger partial charge in [-0.1, -0.05) is 48.5 Å². The van der Waals surface area contributed by atoms with Crippen LogP contribution >= 0.6 is 11.3 Å². The molecular formula is C23H18FN3OS. The van der Waals surface area contributed by atoms with Crippen LogP contribution < -0.4 is 5.32 Å². The zero-order valence-corrected chi connectivity index (χ0v) is 16.3. The molecule has 4 nitrogen and oxygen atoms in total. The van der Waals surface area contributed by atoms with Crippen molar-refractivity contribution in [2.45, 2.75) is 12.5 Å². The summed E-state index contributed by atoms with van der Waals surface area (Å²) in [6, 6.07) is 21.1. The number of pyridine rings is 1. The van der Waals surface area contributed by atoms with Gasteiger partial charge in [0.25, 0.3) is 0 Å². The maximum atomic E-state index is 13.3. The average Bonchev–Trinajstić information content (AvgIpc) is 3.22. The number of aromatic nitrogens is 2. The van der Waals surface area contributed by atoms with Crippen LogP contribution in [0.3, 0.4) is 0 Å². The van der Waals surface area contributed by atoms with Crippen LogP contribution in [0.1, 0.15) is 22.9 Å². The molecule has 0 aliphatic carbocycles. The maximum Gasteiger partial charge on any atom is 0.226 e. The Balaban J connectivity index is 1.51. The standard InChI is InChI=1S/C23H18FN3OS/c24-18-11-9-17(10-12-18)22(16-6-2-1-3-7-16)27-21(28)14-19-15-29-23(26-19)20-8-4-5-13-25-20/h1-13,15,22H,14H2,(H,27,28). The van der Waals surface area contributed by atoms with Crippen molar-refractivity contribution in [3.63, 3.8) is 0 Å². The van der Waals surface area contributed by atoms with Crippen LogP contribution in [-0.2, 0) is 11.2 Å². The molecular weight excluding hydrogens is 385 g/mol. The van der Waals surface area contributed by atoms with Crippen molar-refractivity contribution < 1.29 is 9.18 Å². The van der Waals surface area contributed by atoms with Crippen LogP contribution in [-0.4, -0.2) is 15.9 Å². The fourth-order valence-electron chi connectivity index (χ4n) is 3.03. The maximum absolute atomic E-state index is 13.3. The largest absolute Gasteiger partial charge is 0.345 e. The van der Waals surface area contributed by atoms with Gasteiger partial charge in [0, 0.05) is 11.6 Å². The minimum absolute atomic E-state index is 0.152. The molecule has 2 aromatic heterocycles. The summed E-state index contributed by atoms with van der Waals surface area (Å²) in [6.07, 6.45) is 1.88. The van der Waals surface area contributed by atoms with Crippen molar-refractivity contribution in [1.82, 2.24) is 15.3 Å². The van der Waals surface area contributed by atoms with Crippen LogP contribution in [0.25, 0.3) is 10.7 Å². The normalized spacial score (nSPS) is 11.8. The third-order valence-corrected chi connectivity index (χ3v) is 5.33. The van der Waals surface area contributed by atoms with E-state index < -0.39 is 0 Å². The van der Waals surface area contributed by atoms with Gasteiger partial charge in [-0.3, -0.25) is 9.78 Å². The number of amides is 1. The zero-order chi connectivity index (χ0) is 20.1. The smallest absolute Gasteiger partial charge is 0.226 e. The predicted octanol–water partition coefficient (Wildman–Crippen LogP) is 4.79. The van der Waals surface area contributed by atoms with Gasteiger partial charge in [-0.15, -0.1) is 11.3 Å². The Labute approximate surface area is 172 Å². The predicted molar refractivity (Wildman–Crippen MR) is 112 cm³/mol. The summed E-state index contributed by atoms with van der Waals surface area (Å²) in [5.41, 5.74) is 3.23. The van der Waals surface area contributed by atoms with Crippen molar-refractivity contribution in [2.24, 2.45) is 0 Å². The van der Waals surface area contributed by atoms with Crippen LogP contribution in [0.15, 0.2) is 84.4 Å².